The van der Waals surface area contributed by atoms with E-state index in [1.54, 1.807) is 48.5 Å². The van der Waals surface area contributed by atoms with Crippen molar-refractivity contribution < 1.29 is 19.4 Å². The van der Waals surface area contributed by atoms with E-state index in [0.717, 1.165) is 0 Å². The van der Waals surface area contributed by atoms with Crippen molar-refractivity contribution in [3.05, 3.63) is 101 Å². The van der Waals surface area contributed by atoms with Crippen molar-refractivity contribution in [2.45, 2.75) is 26.0 Å². The molecule has 1 N–H and O–H groups in total. The Morgan fingerprint density at radius 1 is 0.969 bits per heavy atom. The van der Waals surface area contributed by atoms with Crippen molar-refractivity contribution in [3.63, 3.8) is 0 Å². The molecule has 1 aliphatic rings. The molecule has 1 heterocycles. The van der Waals surface area contributed by atoms with Crippen LogP contribution in [0.5, 0.6) is 5.75 Å². The van der Waals surface area contributed by atoms with Crippen molar-refractivity contribution in [2.75, 3.05) is 4.90 Å². The topological polar surface area (TPSA) is 66.8 Å². The second-order valence-corrected chi connectivity index (χ2v) is 8.19. The third-order valence-corrected chi connectivity index (χ3v) is 5.36. The quantitative estimate of drug-likeness (QED) is 0.307. The average Bonchev–Trinajstić information content (AvgIpc) is 3.04. The highest BCUT2D eigenvalue weighted by Gasteiger charge is 2.46. The second-order valence-electron chi connectivity index (χ2n) is 7.75. The number of aliphatic hydroxyl groups is 1. The predicted molar refractivity (Wildman–Crippen MR) is 125 cm³/mol. The van der Waals surface area contributed by atoms with Crippen LogP contribution in [-0.4, -0.2) is 22.9 Å². The minimum Gasteiger partial charge on any atom is -0.507 e. The minimum atomic E-state index is -0.802. The van der Waals surface area contributed by atoms with Gasteiger partial charge in [0.25, 0.3) is 11.7 Å². The van der Waals surface area contributed by atoms with Crippen LogP contribution in [0.25, 0.3) is 5.76 Å². The highest BCUT2D eigenvalue weighted by atomic mass is 35.5. The third-order valence-electron chi connectivity index (χ3n) is 5.13. The molecule has 5 nitrogen and oxygen atoms in total. The van der Waals surface area contributed by atoms with Crippen molar-refractivity contribution in [1.29, 1.82) is 0 Å². The largest absolute Gasteiger partial charge is 0.507 e. The van der Waals surface area contributed by atoms with Crippen LogP contribution in [0, 0.1) is 0 Å². The van der Waals surface area contributed by atoms with Crippen molar-refractivity contribution >= 4 is 34.7 Å². The molecule has 1 aliphatic heterocycles. The van der Waals surface area contributed by atoms with Gasteiger partial charge in [0.15, 0.2) is 0 Å². The van der Waals surface area contributed by atoms with Crippen molar-refractivity contribution in [3.8, 4) is 5.75 Å². The smallest absolute Gasteiger partial charge is 0.300 e. The summed E-state index contributed by atoms with van der Waals surface area (Å²) in [6, 6.07) is 21.9. The first-order valence-electron chi connectivity index (χ1n) is 10.3. The van der Waals surface area contributed by atoms with Crippen molar-refractivity contribution in [1.82, 2.24) is 0 Å². The normalized spacial score (nSPS) is 17.8. The summed E-state index contributed by atoms with van der Waals surface area (Å²) < 4.78 is 5.72. The number of hydrogen-bond acceptors (Lipinski definition) is 4. The Balaban J connectivity index is 1.90. The third kappa shape index (κ3) is 4.12. The standard InChI is InChI=1S/C26H22ClNO4/c1-16(2)32-21-13-6-10-18(14-21)24(29)22-23(17-8-4-3-5-9-17)28(26(31)25(22)30)20-12-7-11-19(27)15-20/h3-16,23,29H,1-2H3/b24-22+. The zero-order valence-electron chi connectivity index (χ0n) is 17.7. The Labute approximate surface area is 191 Å². The van der Waals surface area contributed by atoms with E-state index >= 15 is 0 Å². The number of hydrogen-bond donors (Lipinski definition) is 1. The molecule has 3 aromatic rings. The first kappa shape index (κ1) is 21.7. The molecule has 0 aromatic heterocycles. The molecule has 32 heavy (non-hydrogen) atoms. The first-order valence-corrected chi connectivity index (χ1v) is 10.6. The monoisotopic (exact) mass is 447 g/mol. The van der Waals surface area contributed by atoms with Crippen LogP contribution in [0.4, 0.5) is 5.69 Å². The van der Waals surface area contributed by atoms with Gasteiger partial charge in [0.1, 0.15) is 11.5 Å². The molecular weight excluding hydrogens is 426 g/mol. The molecule has 1 unspecified atom stereocenters. The van der Waals surface area contributed by atoms with Crippen LogP contribution in [0.2, 0.25) is 5.02 Å². The molecule has 4 rings (SSSR count). The predicted octanol–water partition coefficient (Wildman–Crippen LogP) is 5.75. The maximum Gasteiger partial charge on any atom is 0.300 e. The second kappa shape index (κ2) is 8.89. The number of Topliss-reactive ketones (excluding diaryl/α,β-unsaturated/α-hetero) is 1. The van der Waals surface area contributed by atoms with Crippen molar-refractivity contribution in [2.24, 2.45) is 0 Å². The van der Waals surface area contributed by atoms with E-state index in [4.69, 9.17) is 16.3 Å². The highest BCUT2D eigenvalue weighted by molar-refractivity contribution is 6.51. The molecular formula is C26H22ClNO4. The molecule has 6 heteroatoms. The number of carbonyl (C=O) groups is 2. The van der Waals surface area contributed by atoms with E-state index < -0.39 is 17.7 Å². The lowest BCUT2D eigenvalue weighted by atomic mass is 9.95. The van der Waals surface area contributed by atoms with Gasteiger partial charge < -0.3 is 9.84 Å². The molecule has 1 atom stereocenters. The molecule has 0 radical (unpaired) electrons. The summed E-state index contributed by atoms with van der Waals surface area (Å²) in [6.07, 6.45) is -0.0508. The molecule has 0 spiro atoms. The van der Waals surface area contributed by atoms with Gasteiger partial charge in [-0.15, -0.1) is 0 Å². The number of benzene rings is 3. The number of amides is 1. The van der Waals surface area contributed by atoms with E-state index in [9.17, 15) is 14.7 Å². The Morgan fingerprint density at radius 3 is 2.38 bits per heavy atom. The molecule has 3 aromatic carbocycles. The lowest BCUT2D eigenvalue weighted by Gasteiger charge is -2.25. The summed E-state index contributed by atoms with van der Waals surface area (Å²) in [5.74, 6) is -1.18. The molecule has 1 saturated heterocycles. The molecule has 1 amide bonds. The summed E-state index contributed by atoms with van der Waals surface area (Å²) in [6.45, 7) is 3.80. The lowest BCUT2D eigenvalue weighted by Crippen LogP contribution is -2.29. The number of ketones is 1. The number of anilines is 1. The minimum absolute atomic E-state index is 0.0165. The fourth-order valence-electron chi connectivity index (χ4n) is 3.82. The van der Waals surface area contributed by atoms with Gasteiger partial charge in [-0.05, 0) is 49.7 Å². The number of carbonyl (C=O) groups excluding carboxylic acids is 2. The van der Waals surface area contributed by atoms with E-state index in [0.29, 0.717) is 27.6 Å². The van der Waals surface area contributed by atoms with Crippen LogP contribution >= 0.6 is 11.6 Å². The fourth-order valence-corrected chi connectivity index (χ4v) is 4.00. The molecule has 1 fully saturated rings. The van der Waals surface area contributed by atoms with Gasteiger partial charge in [-0.25, -0.2) is 0 Å². The number of rotatable bonds is 5. The maximum absolute atomic E-state index is 13.2. The molecule has 162 valence electrons. The van der Waals surface area contributed by atoms with Gasteiger partial charge in [0, 0.05) is 16.3 Å². The molecule has 0 saturated carbocycles. The Hall–Kier alpha value is -3.57. The number of aliphatic hydroxyl groups excluding tert-OH is 1. The summed E-state index contributed by atoms with van der Waals surface area (Å²) >= 11 is 6.16. The van der Waals surface area contributed by atoms with Gasteiger partial charge in [0.05, 0.1) is 17.7 Å². The Kier molecular flexibility index (Phi) is 6.01. The number of halogens is 1. The fraction of sp³-hybridized carbons (Fsp3) is 0.154. The average molecular weight is 448 g/mol. The van der Waals surface area contributed by atoms with E-state index in [2.05, 4.69) is 0 Å². The number of nitrogens with zero attached hydrogens (tertiary/aromatic N) is 1. The summed E-state index contributed by atoms with van der Waals surface area (Å²) in [5.41, 5.74) is 1.59. The Bertz CT molecular complexity index is 1200. The summed E-state index contributed by atoms with van der Waals surface area (Å²) in [4.78, 5) is 27.7. The van der Waals surface area contributed by atoms with Crippen LogP contribution < -0.4 is 9.64 Å². The van der Waals surface area contributed by atoms with Gasteiger partial charge in [-0.3, -0.25) is 14.5 Å². The lowest BCUT2D eigenvalue weighted by molar-refractivity contribution is -0.132. The molecule has 0 bridgehead atoms. The van der Waals surface area contributed by atoms with Gasteiger partial charge in [-0.2, -0.15) is 0 Å². The van der Waals surface area contributed by atoms with Crippen LogP contribution in [0.3, 0.4) is 0 Å². The van der Waals surface area contributed by atoms with Gasteiger partial charge in [-0.1, -0.05) is 60.1 Å². The van der Waals surface area contributed by atoms with Gasteiger partial charge in [0.2, 0.25) is 0 Å². The highest BCUT2D eigenvalue weighted by Crippen LogP contribution is 2.42. The van der Waals surface area contributed by atoms with E-state index in [1.165, 1.54) is 4.90 Å². The summed E-state index contributed by atoms with van der Waals surface area (Å²) in [5, 5.41) is 11.7. The number of ether oxygens (including phenoxy) is 1. The summed E-state index contributed by atoms with van der Waals surface area (Å²) in [7, 11) is 0. The van der Waals surface area contributed by atoms with Crippen LogP contribution in [0.1, 0.15) is 31.0 Å². The van der Waals surface area contributed by atoms with Gasteiger partial charge >= 0.3 is 0 Å². The zero-order chi connectivity index (χ0) is 22.8. The first-order chi connectivity index (χ1) is 15.4. The van der Waals surface area contributed by atoms with Crippen LogP contribution in [0.15, 0.2) is 84.4 Å². The van der Waals surface area contributed by atoms with E-state index in [-0.39, 0.29) is 17.4 Å². The van der Waals surface area contributed by atoms with E-state index in [1.807, 2.05) is 44.2 Å². The van der Waals surface area contributed by atoms with Crippen LogP contribution in [-0.2, 0) is 9.59 Å². The SMILES string of the molecule is CC(C)Oc1cccc(/C(O)=C2\C(=O)C(=O)N(c3cccc(Cl)c3)C2c2ccccc2)c1. The zero-order valence-corrected chi connectivity index (χ0v) is 18.4. The maximum atomic E-state index is 13.2. The molecule has 0 aliphatic carbocycles. The Morgan fingerprint density at radius 2 is 1.69 bits per heavy atom.